The highest BCUT2D eigenvalue weighted by Crippen LogP contribution is 2.66. The van der Waals surface area contributed by atoms with Gasteiger partial charge in [-0.3, -0.25) is 4.98 Å². The Morgan fingerprint density at radius 1 is 1.04 bits per heavy atom. The van der Waals surface area contributed by atoms with Crippen LogP contribution in [0.5, 0.6) is 0 Å². The van der Waals surface area contributed by atoms with Crippen LogP contribution in [0.15, 0.2) is 42.3 Å². The molecular weight excluding hydrogens is 318 g/mol. The third-order valence-corrected chi connectivity index (χ3v) is 8.63. The van der Waals surface area contributed by atoms with E-state index in [0.717, 1.165) is 30.6 Å². The van der Waals surface area contributed by atoms with Crippen molar-refractivity contribution in [2.24, 2.45) is 28.6 Å². The summed E-state index contributed by atoms with van der Waals surface area (Å²) >= 11 is 0. The van der Waals surface area contributed by atoms with Crippen molar-refractivity contribution in [3.63, 3.8) is 0 Å². The predicted molar refractivity (Wildman–Crippen MR) is 105 cm³/mol. The lowest BCUT2D eigenvalue weighted by Crippen LogP contribution is -2.49. The average molecular weight is 350 g/mol. The molecule has 4 aliphatic carbocycles. The summed E-state index contributed by atoms with van der Waals surface area (Å²) in [7, 11) is 0. The quantitative estimate of drug-likeness (QED) is 0.689. The maximum absolute atomic E-state index is 10.2. The third-order valence-electron chi connectivity index (χ3n) is 8.63. The molecule has 4 aliphatic rings. The van der Waals surface area contributed by atoms with Crippen molar-refractivity contribution >= 4 is 5.57 Å². The van der Waals surface area contributed by atoms with Gasteiger partial charge in [-0.25, -0.2) is 0 Å². The van der Waals surface area contributed by atoms with Gasteiger partial charge in [-0.2, -0.15) is 0 Å². The van der Waals surface area contributed by atoms with E-state index in [1.807, 2.05) is 12.4 Å². The number of pyridine rings is 1. The molecule has 5 rings (SSSR count). The number of fused-ring (bicyclic) bond motifs is 5. The van der Waals surface area contributed by atoms with Crippen molar-refractivity contribution in [2.45, 2.75) is 64.9 Å². The molecule has 0 radical (unpaired) electrons. The number of aliphatic hydroxyl groups excluding tert-OH is 1. The van der Waals surface area contributed by atoms with Gasteiger partial charge in [0.15, 0.2) is 0 Å². The molecule has 26 heavy (non-hydrogen) atoms. The summed E-state index contributed by atoms with van der Waals surface area (Å²) in [6, 6.07) is 4.31. The molecule has 0 aliphatic heterocycles. The van der Waals surface area contributed by atoms with E-state index in [1.54, 1.807) is 11.1 Å². The van der Waals surface area contributed by atoms with Crippen LogP contribution < -0.4 is 0 Å². The van der Waals surface area contributed by atoms with E-state index in [0.29, 0.717) is 10.8 Å². The Labute approximate surface area is 157 Å². The second-order valence-corrected chi connectivity index (χ2v) is 9.71. The van der Waals surface area contributed by atoms with Crippen molar-refractivity contribution in [1.29, 1.82) is 0 Å². The van der Waals surface area contributed by atoms with E-state index < -0.39 is 0 Å². The molecular formula is C24H31NO. The largest absolute Gasteiger partial charge is 0.393 e. The summed E-state index contributed by atoms with van der Waals surface area (Å²) in [4.78, 5) is 4.38. The molecule has 2 fully saturated rings. The molecule has 1 aromatic heterocycles. The first kappa shape index (κ1) is 16.7. The van der Waals surface area contributed by atoms with Crippen LogP contribution in [0.25, 0.3) is 5.57 Å². The zero-order valence-electron chi connectivity index (χ0n) is 16.1. The van der Waals surface area contributed by atoms with E-state index in [2.05, 4.69) is 43.1 Å². The van der Waals surface area contributed by atoms with Crippen LogP contribution in [0.4, 0.5) is 0 Å². The molecule has 0 bridgehead atoms. The fourth-order valence-electron chi connectivity index (χ4n) is 7.18. The number of hydrogen-bond acceptors (Lipinski definition) is 2. The minimum atomic E-state index is -0.106. The molecule has 0 amide bonds. The summed E-state index contributed by atoms with van der Waals surface area (Å²) in [5.41, 5.74) is 5.09. The minimum Gasteiger partial charge on any atom is -0.393 e. The summed E-state index contributed by atoms with van der Waals surface area (Å²) in [6.45, 7) is 5.03. The Morgan fingerprint density at radius 3 is 2.69 bits per heavy atom. The van der Waals surface area contributed by atoms with E-state index >= 15 is 0 Å². The Kier molecular flexibility index (Phi) is 3.73. The number of hydrogen-bond donors (Lipinski definition) is 1. The van der Waals surface area contributed by atoms with Crippen LogP contribution in [-0.4, -0.2) is 16.2 Å². The summed E-state index contributed by atoms with van der Waals surface area (Å²) in [5, 5.41) is 10.2. The molecule has 1 heterocycles. The van der Waals surface area contributed by atoms with Gasteiger partial charge in [0.05, 0.1) is 6.10 Å². The highest BCUT2D eigenvalue weighted by Gasteiger charge is 2.56. The average Bonchev–Trinajstić information content (AvgIpc) is 3.00. The first-order valence-corrected chi connectivity index (χ1v) is 10.5. The van der Waals surface area contributed by atoms with Gasteiger partial charge in [0.25, 0.3) is 0 Å². The molecule has 0 aromatic carbocycles. The normalized spacial score (nSPS) is 44.4. The van der Waals surface area contributed by atoms with Crippen LogP contribution >= 0.6 is 0 Å². The molecule has 138 valence electrons. The zero-order valence-corrected chi connectivity index (χ0v) is 16.1. The summed E-state index contributed by atoms with van der Waals surface area (Å²) in [6.07, 6.45) is 17.0. The monoisotopic (exact) mass is 349 g/mol. The van der Waals surface area contributed by atoms with Crippen LogP contribution in [-0.2, 0) is 0 Å². The fourth-order valence-corrected chi connectivity index (χ4v) is 7.18. The van der Waals surface area contributed by atoms with Crippen LogP contribution in [0, 0.1) is 28.6 Å². The Bertz CT molecular complexity index is 766. The Hall–Kier alpha value is -1.41. The Morgan fingerprint density at radius 2 is 1.88 bits per heavy atom. The zero-order chi connectivity index (χ0) is 17.9. The topological polar surface area (TPSA) is 33.1 Å². The van der Waals surface area contributed by atoms with E-state index in [9.17, 15) is 5.11 Å². The number of nitrogens with zero attached hydrogens (tertiary/aromatic N) is 1. The second kappa shape index (κ2) is 5.79. The lowest BCUT2D eigenvalue weighted by Gasteiger charge is -2.57. The lowest BCUT2D eigenvalue weighted by molar-refractivity contribution is -0.0238. The second-order valence-electron chi connectivity index (χ2n) is 9.71. The molecule has 1 unspecified atom stereocenters. The van der Waals surface area contributed by atoms with Gasteiger partial charge in [-0.1, -0.05) is 37.6 Å². The van der Waals surface area contributed by atoms with E-state index in [4.69, 9.17) is 0 Å². The van der Waals surface area contributed by atoms with Crippen molar-refractivity contribution in [1.82, 2.24) is 4.98 Å². The maximum atomic E-state index is 10.2. The van der Waals surface area contributed by atoms with Crippen LogP contribution in [0.3, 0.4) is 0 Å². The fraction of sp³-hybridized carbons (Fsp3) is 0.625. The van der Waals surface area contributed by atoms with Crippen LogP contribution in [0.1, 0.15) is 64.4 Å². The number of aliphatic hydroxyl groups is 1. The first-order valence-electron chi connectivity index (χ1n) is 10.5. The van der Waals surface area contributed by atoms with E-state index in [1.165, 1.54) is 37.7 Å². The maximum Gasteiger partial charge on any atom is 0.0577 e. The molecule has 0 saturated heterocycles. The highest BCUT2D eigenvalue weighted by atomic mass is 16.3. The Balaban J connectivity index is 1.48. The number of allylic oxidation sites excluding steroid dienone is 3. The van der Waals surface area contributed by atoms with Gasteiger partial charge in [-0.05, 0) is 90.7 Å². The predicted octanol–water partition coefficient (Wildman–Crippen LogP) is 5.40. The van der Waals surface area contributed by atoms with Gasteiger partial charge in [-0.15, -0.1) is 0 Å². The van der Waals surface area contributed by atoms with Crippen molar-refractivity contribution in [2.75, 3.05) is 0 Å². The molecule has 2 heteroatoms. The standard InChI is InChI=1S/C24H31NO/c1-23-11-9-18(26)14-17(23)5-6-19-21-8-7-20(16-4-3-13-25-15-16)24(21,2)12-10-22(19)23/h3-5,7,13,15,18-19,21-22,26H,6,8-12,14H2,1-2H3/t18?,19-,21-,22-,23-,24+/m0/s1. The van der Waals surface area contributed by atoms with Gasteiger partial charge in [0.1, 0.15) is 0 Å². The van der Waals surface area contributed by atoms with Gasteiger partial charge in [0.2, 0.25) is 0 Å². The highest BCUT2D eigenvalue weighted by molar-refractivity contribution is 5.72. The summed E-state index contributed by atoms with van der Waals surface area (Å²) < 4.78 is 0. The first-order chi connectivity index (χ1) is 12.5. The van der Waals surface area contributed by atoms with Crippen molar-refractivity contribution < 1.29 is 5.11 Å². The summed E-state index contributed by atoms with van der Waals surface area (Å²) in [5.74, 6) is 2.36. The van der Waals surface area contributed by atoms with Gasteiger partial charge >= 0.3 is 0 Å². The van der Waals surface area contributed by atoms with Gasteiger partial charge < -0.3 is 5.11 Å². The van der Waals surface area contributed by atoms with E-state index in [-0.39, 0.29) is 6.10 Å². The molecule has 1 N–H and O–H groups in total. The number of aromatic nitrogens is 1. The molecule has 0 spiro atoms. The SMILES string of the molecule is C[C@]12CCC(O)CC1=CC[C@@H]1[C@@H]2CC[C@]2(C)C(c3cccnc3)=CC[C@@H]12. The third kappa shape index (κ3) is 2.24. The van der Waals surface area contributed by atoms with Crippen LogP contribution in [0.2, 0.25) is 0 Å². The lowest BCUT2D eigenvalue weighted by atomic mass is 9.47. The van der Waals surface area contributed by atoms with Gasteiger partial charge in [0, 0.05) is 12.4 Å². The smallest absolute Gasteiger partial charge is 0.0577 e. The van der Waals surface area contributed by atoms with Crippen molar-refractivity contribution in [3.05, 3.63) is 47.8 Å². The molecule has 2 nitrogen and oxygen atoms in total. The molecule has 1 aromatic rings. The van der Waals surface area contributed by atoms with Crippen molar-refractivity contribution in [3.8, 4) is 0 Å². The molecule has 2 saturated carbocycles. The number of rotatable bonds is 1. The minimum absolute atomic E-state index is 0.106. The molecule has 6 atom stereocenters.